The Morgan fingerprint density at radius 3 is 2.54 bits per heavy atom. The Morgan fingerprint density at radius 2 is 1.88 bits per heavy atom. The zero-order chi connectivity index (χ0) is 17.1. The number of hydrogen-bond donors (Lipinski definition) is 2. The lowest BCUT2D eigenvalue weighted by Crippen LogP contribution is -2.21. The molecule has 0 saturated heterocycles. The number of nitrogens with zero attached hydrogens (tertiary/aromatic N) is 4. The number of methoxy groups -OCH3 is 1. The molecule has 4 N–H and O–H groups in total. The Labute approximate surface area is 139 Å². The number of nitrogens with two attached hydrogens (primary N) is 2. The van der Waals surface area contributed by atoms with E-state index in [2.05, 4.69) is 21.0 Å². The largest absolute Gasteiger partial charge is 0.493 e. The SMILES string of the molecule is COc1ccc2n(C)c(-c3ccc(/C=N/N=C(N)N)cc3)c[n+]2c1. The van der Waals surface area contributed by atoms with E-state index in [1.807, 2.05) is 54.0 Å². The average molecular weight is 323 g/mol. The van der Waals surface area contributed by atoms with Gasteiger partial charge in [0.25, 0.3) is 5.65 Å². The van der Waals surface area contributed by atoms with Gasteiger partial charge in [-0.15, -0.1) is 5.10 Å². The number of aryl methyl sites for hydroxylation is 1. The summed E-state index contributed by atoms with van der Waals surface area (Å²) in [6, 6.07) is 12.0. The first kappa shape index (κ1) is 15.5. The van der Waals surface area contributed by atoms with Gasteiger partial charge in [-0.1, -0.05) is 12.1 Å². The van der Waals surface area contributed by atoms with E-state index >= 15 is 0 Å². The summed E-state index contributed by atoms with van der Waals surface area (Å²) in [5.41, 5.74) is 14.6. The van der Waals surface area contributed by atoms with Gasteiger partial charge in [0.1, 0.15) is 12.4 Å². The van der Waals surface area contributed by atoms with Crippen LogP contribution in [0.15, 0.2) is 59.0 Å². The summed E-state index contributed by atoms with van der Waals surface area (Å²) in [5, 5.41) is 7.39. The first-order chi connectivity index (χ1) is 11.6. The van der Waals surface area contributed by atoms with E-state index in [1.165, 1.54) is 0 Å². The monoisotopic (exact) mass is 323 g/mol. The van der Waals surface area contributed by atoms with Crippen LogP contribution in [0.4, 0.5) is 0 Å². The third kappa shape index (κ3) is 3.05. The molecule has 0 spiro atoms. The number of imidazole rings is 1. The van der Waals surface area contributed by atoms with Gasteiger partial charge in [0, 0.05) is 11.6 Å². The van der Waals surface area contributed by atoms with Gasteiger partial charge in [-0.05, 0) is 23.8 Å². The second-order valence-corrected chi connectivity index (χ2v) is 5.30. The molecule has 24 heavy (non-hydrogen) atoms. The third-order valence-corrected chi connectivity index (χ3v) is 3.72. The fraction of sp³-hybridized carbons (Fsp3) is 0.118. The van der Waals surface area contributed by atoms with Crippen molar-refractivity contribution in [1.29, 1.82) is 0 Å². The van der Waals surface area contributed by atoms with Crippen molar-refractivity contribution in [3.63, 3.8) is 0 Å². The van der Waals surface area contributed by atoms with Gasteiger partial charge >= 0.3 is 0 Å². The molecule has 0 atom stereocenters. The van der Waals surface area contributed by atoms with Crippen LogP contribution in [0.1, 0.15) is 5.56 Å². The highest BCUT2D eigenvalue weighted by molar-refractivity contribution is 5.82. The summed E-state index contributed by atoms with van der Waals surface area (Å²) in [7, 11) is 3.69. The number of pyridine rings is 1. The zero-order valence-electron chi connectivity index (χ0n) is 13.5. The number of aromatic nitrogens is 2. The quantitative estimate of drug-likeness (QED) is 0.325. The topological polar surface area (TPSA) is 95.0 Å². The van der Waals surface area contributed by atoms with Gasteiger partial charge in [-0.25, -0.2) is 4.57 Å². The van der Waals surface area contributed by atoms with Crippen LogP contribution in [0.3, 0.4) is 0 Å². The van der Waals surface area contributed by atoms with Gasteiger partial charge in [-0.3, -0.25) is 0 Å². The van der Waals surface area contributed by atoms with Crippen molar-refractivity contribution in [1.82, 2.24) is 4.57 Å². The summed E-state index contributed by atoms with van der Waals surface area (Å²) in [4.78, 5) is 0. The molecule has 0 saturated carbocycles. The number of guanidine groups is 1. The van der Waals surface area contributed by atoms with E-state index < -0.39 is 0 Å². The minimum absolute atomic E-state index is 0.0641. The molecular formula is C17H19N6O+. The van der Waals surface area contributed by atoms with E-state index in [1.54, 1.807) is 13.3 Å². The molecule has 7 heteroatoms. The predicted molar refractivity (Wildman–Crippen MR) is 94.0 cm³/mol. The van der Waals surface area contributed by atoms with E-state index in [0.717, 1.165) is 28.2 Å². The summed E-state index contributed by atoms with van der Waals surface area (Å²) in [6.45, 7) is 0. The molecule has 122 valence electrons. The maximum Gasteiger partial charge on any atom is 0.286 e. The van der Waals surface area contributed by atoms with Crippen molar-refractivity contribution in [2.24, 2.45) is 28.7 Å². The predicted octanol–water partition coefficient (Wildman–Crippen LogP) is 1.05. The van der Waals surface area contributed by atoms with Crippen molar-refractivity contribution in [2.45, 2.75) is 0 Å². The van der Waals surface area contributed by atoms with Gasteiger partial charge in [0.2, 0.25) is 5.96 Å². The molecule has 0 radical (unpaired) electrons. The highest BCUT2D eigenvalue weighted by atomic mass is 16.5. The van der Waals surface area contributed by atoms with E-state index in [-0.39, 0.29) is 5.96 Å². The third-order valence-electron chi connectivity index (χ3n) is 3.72. The van der Waals surface area contributed by atoms with E-state index in [0.29, 0.717) is 0 Å². The Hall–Kier alpha value is -3.35. The Bertz CT molecular complexity index is 920. The van der Waals surface area contributed by atoms with Gasteiger partial charge < -0.3 is 16.2 Å². The van der Waals surface area contributed by atoms with E-state index in [9.17, 15) is 0 Å². The zero-order valence-corrected chi connectivity index (χ0v) is 13.5. The molecule has 0 aliphatic carbocycles. The van der Waals surface area contributed by atoms with Gasteiger partial charge in [0.15, 0.2) is 11.4 Å². The van der Waals surface area contributed by atoms with Crippen LogP contribution in [-0.2, 0) is 7.05 Å². The number of ether oxygens (including phenoxy) is 1. The van der Waals surface area contributed by atoms with E-state index in [4.69, 9.17) is 16.2 Å². The van der Waals surface area contributed by atoms with Crippen LogP contribution >= 0.6 is 0 Å². The molecule has 0 bridgehead atoms. The fourth-order valence-electron chi connectivity index (χ4n) is 2.51. The minimum atomic E-state index is -0.0641. The summed E-state index contributed by atoms with van der Waals surface area (Å²) in [6.07, 6.45) is 5.63. The van der Waals surface area contributed by atoms with Crippen LogP contribution in [-0.4, -0.2) is 23.9 Å². The van der Waals surface area contributed by atoms with Crippen molar-refractivity contribution in [3.05, 3.63) is 54.4 Å². The van der Waals surface area contributed by atoms with Crippen LogP contribution in [0.5, 0.6) is 5.75 Å². The number of benzene rings is 1. The minimum Gasteiger partial charge on any atom is -0.493 e. The molecule has 0 fully saturated rings. The Kier molecular flexibility index (Phi) is 4.15. The van der Waals surface area contributed by atoms with Crippen LogP contribution in [0.25, 0.3) is 16.9 Å². The maximum absolute atomic E-state index is 5.27. The maximum atomic E-state index is 5.27. The van der Waals surface area contributed by atoms with Gasteiger partial charge in [0.05, 0.1) is 20.4 Å². The average Bonchev–Trinajstić information content (AvgIpc) is 2.91. The summed E-state index contributed by atoms with van der Waals surface area (Å²) in [5.74, 6) is 0.752. The van der Waals surface area contributed by atoms with Crippen molar-refractivity contribution < 1.29 is 9.14 Å². The molecule has 0 unspecified atom stereocenters. The molecule has 0 aliphatic rings. The highest BCUT2D eigenvalue weighted by Gasteiger charge is 2.16. The smallest absolute Gasteiger partial charge is 0.286 e. The second-order valence-electron chi connectivity index (χ2n) is 5.30. The lowest BCUT2D eigenvalue weighted by atomic mass is 10.1. The van der Waals surface area contributed by atoms with Gasteiger partial charge in [-0.2, -0.15) is 9.50 Å². The normalized spacial score (nSPS) is 11.1. The number of rotatable bonds is 4. The Morgan fingerprint density at radius 1 is 1.12 bits per heavy atom. The highest BCUT2D eigenvalue weighted by Crippen LogP contribution is 2.21. The standard InChI is InChI=1S/C17H19N6O/c1-22-15(11-23-10-14(24-2)7-8-16(22)23)13-5-3-12(4-6-13)9-20-21-17(18)19/h3-11H,1-2H3,(H4,18,19,21)/q+1/b20-9+. The fourth-order valence-corrected chi connectivity index (χ4v) is 2.51. The number of hydrogen-bond acceptors (Lipinski definition) is 3. The molecule has 3 aromatic rings. The summed E-state index contributed by atoms with van der Waals surface area (Å²) >= 11 is 0. The van der Waals surface area contributed by atoms with Crippen molar-refractivity contribution >= 4 is 17.8 Å². The molecule has 3 rings (SSSR count). The molecule has 7 nitrogen and oxygen atoms in total. The van der Waals surface area contributed by atoms with Crippen LogP contribution in [0.2, 0.25) is 0 Å². The lowest BCUT2D eigenvalue weighted by molar-refractivity contribution is -0.510. The number of fused-ring (bicyclic) bond motifs is 1. The molecule has 0 aliphatic heterocycles. The van der Waals surface area contributed by atoms with Crippen LogP contribution in [0, 0.1) is 0 Å². The summed E-state index contributed by atoms with van der Waals surface area (Å²) < 4.78 is 9.44. The first-order valence-corrected chi connectivity index (χ1v) is 7.35. The Balaban J connectivity index is 1.94. The van der Waals surface area contributed by atoms with Crippen molar-refractivity contribution in [3.8, 4) is 17.0 Å². The first-order valence-electron chi connectivity index (χ1n) is 7.35. The molecular weight excluding hydrogens is 304 g/mol. The molecule has 1 aromatic carbocycles. The molecule has 2 heterocycles. The molecule has 2 aromatic heterocycles. The second kappa shape index (κ2) is 6.41. The molecule has 0 amide bonds. The van der Waals surface area contributed by atoms with Crippen LogP contribution < -0.4 is 20.6 Å². The van der Waals surface area contributed by atoms with Crippen molar-refractivity contribution in [2.75, 3.05) is 7.11 Å². The lowest BCUT2D eigenvalue weighted by Gasteiger charge is -1.98.